The van der Waals surface area contributed by atoms with E-state index in [9.17, 15) is 9.59 Å². The molecule has 0 aliphatic heterocycles. The van der Waals surface area contributed by atoms with E-state index in [1.807, 2.05) is 6.07 Å². The van der Waals surface area contributed by atoms with Gasteiger partial charge in [0.15, 0.2) is 5.78 Å². The van der Waals surface area contributed by atoms with Gasteiger partial charge in [0.1, 0.15) is 18.1 Å². The van der Waals surface area contributed by atoms with Crippen molar-refractivity contribution in [1.82, 2.24) is 0 Å². The van der Waals surface area contributed by atoms with Gasteiger partial charge in [-0.1, -0.05) is 6.07 Å². The summed E-state index contributed by atoms with van der Waals surface area (Å²) < 4.78 is 11.0. The Morgan fingerprint density at radius 2 is 1.83 bits per heavy atom. The first-order valence-electron chi connectivity index (χ1n) is 7.31. The van der Waals surface area contributed by atoms with Crippen molar-refractivity contribution in [1.29, 1.82) is 0 Å². The fourth-order valence-electron chi connectivity index (χ4n) is 2.13. The number of hydrogen-bond donors (Lipinski definition) is 1. The summed E-state index contributed by atoms with van der Waals surface area (Å²) in [6.07, 6.45) is 2.58. The van der Waals surface area contributed by atoms with Crippen molar-refractivity contribution in [3.63, 3.8) is 0 Å². The molecule has 0 radical (unpaired) electrons. The molecule has 5 heteroatoms. The van der Waals surface area contributed by atoms with Crippen LogP contribution in [-0.4, -0.2) is 24.0 Å². The van der Waals surface area contributed by atoms with Gasteiger partial charge in [0.25, 0.3) is 0 Å². The van der Waals surface area contributed by atoms with Crippen molar-refractivity contribution in [2.75, 3.05) is 7.11 Å². The number of benzene rings is 2. The summed E-state index contributed by atoms with van der Waals surface area (Å²) in [6, 6.07) is 12.2. The lowest BCUT2D eigenvalue weighted by molar-refractivity contribution is -0.131. The van der Waals surface area contributed by atoms with Crippen LogP contribution in [0.5, 0.6) is 11.5 Å². The van der Waals surface area contributed by atoms with E-state index in [4.69, 9.17) is 14.6 Å². The molecule has 2 aromatic rings. The van der Waals surface area contributed by atoms with Gasteiger partial charge >= 0.3 is 5.97 Å². The van der Waals surface area contributed by atoms with E-state index in [2.05, 4.69) is 0 Å². The first-order chi connectivity index (χ1) is 11.5. The molecule has 0 fully saturated rings. The molecule has 0 spiro atoms. The number of aliphatic carboxylic acids is 1. The van der Waals surface area contributed by atoms with Crippen LogP contribution >= 0.6 is 0 Å². The molecular weight excluding hydrogens is 308 g/mol. The number of carboxylic acid groups (broad SMARTS) is 1. The van der Waals surface area contributed by atoms with E-state index in [0.29, 0.717) is 17.1 Å². The first kappa shape index (κ1) is 17.3. The van der Waals surface area contributed by atoms with Gasteiger partial charge in [0.2, 0.25) is 0 Å². The number of carboxylic acids is 1. The van der Waals surface area contributed by atoms with Gasteiger partial charge < -0.3 is 14.6 Å². The molecule has 5 nitrogen and oxygen atoms in total. The molecule has 2 aromatic carbocycles. The molecule has 0 unspecified atom stereocenters. The monoisotopic (exact) mass is 326 g/mol. The van der Waals surface area contributed by atoms with Crippen molar-refractivity contribution in [2.24, 2.45) is 0 Å². The second kappa shape index (κ2) is 7.97. The van der Waals surface area contributed by atoms with E-state index >= 15 is 0 Å². The van der Waals surface area contributed by atoms with Gasteiger partial charge in [-0.15, -0.1) is 0 Å². The molecule has 1 N–H and O–H groups in total. The SMILES string of the molecule is COc1ccc(C=CC(=O)O)cc1COc1ccc(C(C)=O)cc1. The number of ether oxygens (including phenoxy) is 2. The average molecular weight is 326 g/mol. The van der Waals surface area contributed by atoms with Crippen LogP contribution in [0.2, 0.25) is 0 Å². The molecule has 0 amide bonds. The minimum absolute atomic E-state index is 0.00105. The lowest BCUT2D eigenvalue weighted by Crippen LogP contribution is -2.00. The zero-order chi connectivity index (χ0) is 17.5. The lowest BCUT2D eigenvalue weighted by atomic mass is 10.1. The minimum atomic E-state index is -1.01. The Morgan fingerprint density at radius 3 is 2.42 bits per heavy atom. The zero-order valence-corrected chi connectivity index (χ0v) is 13.5. The summed E-state index contributed by atoms with van der Waals surface area (Å²) in [6.45, 7) is 1.77. The third-order valence-corrected chi connectivity index (χ3v) is 3.38. The van der Waals surface area contributed by atoms with Gasteiger partial charge in [-0.3, -0.25) is 4.79 Å². The summed E-state index contributed by atoms with van der Waals surface area (Å²) in [5, 5.41) is 8.70. The number of rotatable bonds is 7. The number of hydrogen-bond acceptors (Lipinski definition) is 4. The van der Waals surface area contributed by atoms with E-state index < -0.39 is 5.97 Å². The van der Waals surface area contributed by atoms with Crippen molar-refractivity contribution in [2.45, 2.75) is 13.5 Å². The maximum atomic E-state index is 11.3. The molecule has 0 aliphatic carbocycles. The summed E-state index contributed by atoms with van der Waals surface area (Å²) in [4.78, 5) is 21.9. The van der Waals surface area contributed by atoms with Crippen molar-refractivity contribution < 1.29 is 24.2 Å². The quantitative estimate of drug-likeness (QED) is 0.622. The van der Waals surface area contributed by atoms with Crippen LogP contribution in [0.15, 0.2) is 48.5 Å². The number of ketones is 1. The topological polar surface area (TPSA) is 72.8 Å². The largest absolute Gasteiger partial charge is 0.496 e. The Balaban J connectivity index is 2.13. The summed E-state index contributed by atoms with van der Waals surface area (Å²) in [5.41, 5.74) is 2.16. The van der Waals surface area contributed by atoms with Crippen LogP contribution in [0.4, 0.5) is 0 Å². The highest BCUT2D eigenvalue weighted by Gasteiger charge is 2.06. The van der Waals surface area contributed by atoms with Gasteiger partial charge in [-0.05, 0) is 55.0 Å². The van der Waals surface area contributed by atoms with Gasteiger partial charge in [0.05, 0.1) is 7.11 Å². The summed E-state index contributed by atoms with van der Waals surface area (Å²) >= 11 is 0. The Labute approximate surface area is 140 Å². The summed E-state index contributed by atoms with van der Waals surface area (Å²) in [7, 11) is 1.56. The Kier molecular flexibility index (Phi) is 5.73. The molecule has 0 aliphatic rings. The van der Waals surface area contributed by atoms with E-state index in [1.54, 1.807) is 43.5 Å². The number of methoxy groups -OCH3 is 1. The molecule has 0 bridgehead atoms. The molecule has 124 valence electrons. The second-order valence-electron chi connectivity index (χ2n) is 5.11. The molecular formula is C19H18O5. The Bertz CT molecular complexity index is 760. The minimum Gasteiger partial charge on any atom is -0.496 e. The molecule has 0 saturated carbocycles. The van der Waals surface area contributed by atoms with Gasteiger partial charge in [-0.25, -0.2) is 4.79 Å². The van der Waals surface area contributed by atoms with Crippen LogP contribution in [-0.2, 0) is 11.4 Å². The van der Waals surface area contributed by atoms with Crippen LogP contribution in [0.25, 0.3) is 6.08 Å². The predicted molar refractivity (Wildman–Crippen MR) is 90.4 cm³/mol. The van der Waals surface area contributed by atoms with Crippen LogP contribution in [0, 0.1) is 0 Å². The predicted octanol–water partition coefficient (Wildman–Crippen LogP) is 3.57. The normalized spacial score (nSPS) is 10.6. The highest BCUT2D eigenvalue weighted by atomic mass is 16.5. The number of carbonyl (C=O) groups is 2. The van der Waals surface area contributed by atoms with Crippen LogP contribution in [0.3, 0.4) is 0 Å². The smallest absolute Gasteiger partial charge is 0.328 e. The second-order valence-corrected chi connectivity index (χ2v) is 5.11. The van der Waals surface area contributed by atoms with E-state index in [1.165, 1.54) is 13.0 Å². The standard InChI is InChI=1S/C19H18O5/c1-13(20)15-5-7-17(8-6-15)24-12-16-11-14(4-10-19(21)22)3-9-18(16)23-2/h3-11H,12H2,1-2H3,(H,21,22). The van der Waals surface area contributed by atoms with Crippen molar-refractivity contribution in [3.05, 3.63) is 65.2 Å². The Morgan fingerprint density at radius 1 is 1.12 bits per heavy atom. The third-order valence-electron chi connectivity index (χ3n) is 3.38. The van der Waals surface area contributed by atoms with Gasteiger partial charge in [0, 0.05) is 17.2 Å². The molecule has 24 heavy (non-hydrogen) atoms. The number of carbonyl (C=O) groups excluding carboxylic acids is 1. The zero-order valence-electron chi connectivity index (χ0n) is 13.5. The van der Waals surface area contributed by atoms with Crippen LogP contribution in [0.1, 0.15) is 28.4 Å². The third kappa shape index (κ3) is 4.71. The Hall–Kier alpha value is -3.08. The fourth-order valence-corrected chi connectivity index (χ4v) is 2.13. The average Bonchev–Trinajstić information content (AvgIpc) is 2.58. The maximum Gasteiger partial charge on any atom is 0.328 e. The molecule has 0 heterocycles. The lowest BCUT2D eigenvalue weighted by Gasteiger charge is -2.11. The highest BCUT2D eigenvalue weighted by molar-refractivity contribution is 5.94. The van der Waals surface area contributed by atoms with Crippen LogP contribution < -0.4 is 9.47 Å². The molecule has 0 aromatic heterocycles. The van der Waals surface area contributed by atoms with E-state index in [0.717, 1.165) is 17.2 Å². The highest BCUT2D eigenvalue weighted by Crippen LogP contribution is 2.23. The molecule has 0 saturated heterocycles. The first-order valence-corrected chi connectivity index (χ1v) is 7.31. The van der Waals surface area contributed by atoms with Gasteiger partial charge in [-0.2, -0.15) is 0 Å². The van der Waals surface area contributed by atoms with Crippen molar-refractivity contribution >= 4 is 17.8 Å². The fraction of sp³-hybridized carbons (Fsp3) is 0.158. The van der Waals surface area contributed by atoms with Crippen molar-refractivity contribution in [3.8, 4) is 11.5 Å². The molecule has 2 rings (SSSR count). The number of Topliss-reactive ketones (excluding diaryl/α,β-unsaturated/α-hetero) is 1. The molecule has 0 atom stereocenters. The van der Waals surface area contributed by atoms with E-state index in [-0.39, 0.29) is 12.4 Å². The summed E-state index contributed by atoms with van der Waals surface area (Å²) in [5.74, 6) is 0.284. The maximum absolute atomic E-state index is 11.3.